The first-order chi connectivity index (χ1) is 4.86. The Morgan fingerprint density at radius 3 is 3.20 bits per heavy atom. The van der Waals surface area contributed by atoms with E-state index in [0.29, 0.717) is 5.65 Å². The molecule has 2 heterocycles. The molecule has 0 amide bonds. The molecule has 0 saturated carbocycles. The quantitative estimate of drug-likeness (QED) is 0.557. The Bertz CT molecular complexity index is 355. The second-order valence-electron chi connectivity index (χ2n) is 2.00. The summed E-state index contributed by atoms with van der Waals surface area (Å²) in [4.78, 5) is 3.87. The topological polar surface area (TPSA) is 61.8 Å². The lowest BCUT2D eigenvalue weighted by molar-refractivity contribution is 0.474. The van der Waals surface area contributed by atoms with Crippen molar-refractivity contribution in [1.29, 1.82) is 0 Å². The summed E-state index contributed by atoms with van der Waals surface area (Å²) in [7, 11) is 0. The third-order valence-electron chi connectivity index (χ3n) is 1.28. The molecule has 4 nitrogen and oxygen atoms in total. The van der Waals surface area contributed by atoms with Gasteiger partial charge in [-0.15, -0.1) is 0 Å². The lowest BCUT2D eigenvalue weighted by atomic mass is 10.3. The van der Waals surface area contributed by atoms with Gasteiger partial charge in [0.05, 0.1) is 12.4 Å². The van der Waals surface area contributed by atoms with E-state index < -0.39 is 0 Å². The second kappa shape index (κ2) is 1.70. The van der Waals surface area contributed by atoms with Gasteiger partial charge in [0.1, 0.15) is 5.75 Å². The van der Waals surface area contributed by atoms with E-state index in [9.17, 15) is 0 Å². The molecule has 2 aromatic heterocycles. The van der Waals surface area contributed by atoms with Crippen LogP contribution in [0.4, 0.5) is 0 Å². The SMILES string of the molecule is Oc1cnc2[nH]ncc2c1. The largest absolute Gasteiger partial charge is 0.506 e. The molecule has 2 aromatic rings. The first kappa shape index (κ1) is 5.22. The number of H-pyrrole nitrogens is 1. The Kier molecular flexibility index (Phi) is 0.887. The highest BCUT2D eigenvalue weighted by Crippen LogP contribution is 2.13. The molecule has 4 heteroatoms. The molecule has 0 radical (unpaired) electrons. The maximum atomic E-state index is 8.94. The zero-order chi connectivity index (χ0) is 6.97. The fraction of sp³-hybridized carbons (Fsp3) is 0. The van der Waals surface area contributed by atoms with Gasteiger partial charge in [-0.05, 0) is 6.07 Å². The van der Waals surface area contributed by atoms with Crippen molar-refractivity contribution in [2.24, 2.45) is 0 Å². The average Bonchev–Trinajstić information content (AvgIpc) is 2.33. The van der Waals surface area contributed by atoms with E-state index in [1.807, 2.05) is 0 Å². The number of rotatable bonds is 0. The minimum atomic E-state index is 0.161. The number of fused-ring (bicyclic) bond motifs is 1. The van der Waals surface area contributed by atoms with Crippen molar-refractivity contribution < 1.29 is 5.11 Å². The molecule has 2 rings (SSSR count). The standard InChI is InChI=1S/C6H5N3O/c10-5-1-4-2-8-9-6(4)7-3-5/h1-3,10H,(H,7,8,9). The van der Waals surface area contributed by atoms with Crippen LogP contribution < -0.4 is 0 Å². The van der Waals surface area contributed by atoms with Gasteiger partial charge < -0.3 is 5.11 Å². The normalized spacial score (nSPS) is 10.4. The fourth-order valence-corrected chi connectivity index (χ4v) is 0.825. The van der Waals surface area contributed by atoms with E-state index in [1.165, 1.54) is 6.20 Å². The highest BCUT2D eigenvalue weighted by molar-refractivity contribution is 5.74. The molecule has 0 fully saturated rings. The number of aromatic amines is 1. The van der Waals surface area contributed by atoms with Gasteiger partial charge in [-0.1, -0.05) is 0 Å². The predicted molar refractivity (Wildman–Crippen MR) is 35.6 cm³/mol. The summed E-state index contributed by atoms with van der Waals surface area (Å²) >= 11 is 0. The third kappa shape index (κ3) is 0.621. The number of aromatic hydroxyl groups is 1. The number of hydrogen-bond acceptors (Lipinski definition) is 3. The number of nitrogens with zero attached hydrogens (tertiary/aromatic N) is 2. The van der Waals surface area contributed by atoms with Crippen LogP contribution in [0.3, 0.4) is 0 Å². The molecule has 0 bridgehead atoms. The second-order valence-corrected chi connectivity index (χ2v) is 2.00. The van der Waals surface area contributed by atoms with E-state index in [1.54, 1.807) is 12.3 Å². The molecule has 10 heavy (non-hydrogen) atoms. The van der Waals surface area contributed by atoms with Crippen LogP contribution >= 0.6 is 0 Å². The highest BCUT2D eigenvalue weighted by atomic mass is 16.3. The molecule has 0 aliphatic heterocycles. The van der Waals surface area contributed by atoms with E-state index in [4.69, 9.17) is 5.11 Å². The Balaban J connectivity index is 2.86. The molecule has 0 aliphatic rings. The van der Waals surface area contributed by atoms with Crippen LogP contribution in [-0.4, -0.2) is 20.3 Å². The van der Waals surface area contributed by atoms with Crippen molar-refractivity contribution in [3.05, 3.63) is 18.5 Å². The molecule has 0 aromatic carbocycles. The minimum Gasteiger partial charge on any atom is -0.506 e. The smallest absolute Gasteiger partial charge is 0.155 e. The van der Waals surface area contributed by atoms with Gasteiger partial charge >= 0.3 is 0 Å². The summed E-state index contributed by atoms with van der Waals surface area (Å²) in [5.41, 5.74) is 0.692. The van der Waals surface area contributed by atoms with Crippen LogP contribution in [0.15, 0.2) is 18.5 Å². The van der Waals surface area contributed by atoms with E-state index in [0.717, 1.165) is 5.39 Å². The maximum absolute atomic E-state index is 8.94. The zero-order valence-corrected chi connectivity index (χ0v) is 5.07. The average molecular weight is 135 g/mol. The molecular weight excluding hydrogens is 130 g/mol. The van der Waals surface area contributed by atoms with Crippen LogP contribution in [-0.2, 0) is 0 Å². The zero-order valence-electron chi connectivity index (χ0n) is 5.07. The summed E-state index contributed by atoms with van der Waals surface area (Å²) in [6, 6.07) is 1.60. The van der Waals surface area contributed by atoms with Gasteiger partial charge in [-0.25, -0.2) is 4.98 Å². The Morgan fingerprint density at radius 1 is 1.40 bits per heavy atom. The molecule has 0 aliphatic carbocycles. The predicted octanol–water partition coefficient (Wildman–Crippen LogP) is 0.663. The van der Waals surface area contributed by atoms with E-state index in [2.05, 4.69) is 15.2 Å². The van der Waals surface area contributed by atoms with Gasteiger partial charge in [-0.3, -0.25) is 5.10 Å². The molecule has 2 N–H and O–H groups in total. The summed E-state index contributed by atoms with van der Waals surface area (Å²) < 4.78 is 0. The van der Waals surface area contributed by atoms with Crippen LogP contribution in [0.5, 0.6) is 5.75 Å². The van der Waals surface area contributed by atoms with E-state index in [-0.39, 0.29) is 5.75 Å². The van der Waals surface area contributed by atoms with Crippen molar-refractivity contribution in [3.63, 3.8) is 0 Å². The lowest BCUT2D eigenvalue weighted by Crippen LogP contribution is -1.73. The summed E-state index contributed by atoms with van der Waals surface area (Å²) in [6.45, 7) is 0. The monoisotopic (exact) mass is 135 g/mol. The van der Waals surface area contributed by atoms with Gasteiger partial charge in [0.2, 0.25) is 0 Å². The van der Waals surface area contributed by atoms with Crippen LogP contribution in [0, 0.1) is 0 Å². The van der Waals surface area contributed by atoms with Crippen LogP contribution in [0.1, 0.15) is 0 Å². The molecule has 50 valence electrons. The fourth-order valence-electron chi connectivity index (χ4n) is 0.825. The summed E-state index contributed by atoms with van der Waals surface area (Å²) in [5, 5.41) is 16.2. The maximum Gasteiger partial charge on any atom is 0.155 e. The number of nitrogens with one attached hydrogen (secondary N) is 1. The van der Waals surface area contributed by atoms with Crippen molar-refractivity contribution in [1.82, 2.24) is 15.2 Å². The van der Waals surface area contributed by atoms with Crippen LogP contribution in [0.25, 0.3) is 11.0 Å². The van der Waals surface area contributed by atoms with E-state index >= 15 is 0 Å². The van der Waals surface area contributed by atoms with Crippen molar-refractivity contribution in [2.45, 2.75) is 0 Å². The summed E-state index contributed by atoms with van der Waals surface area (Å²) in [5.74, 6) is 0.161. The van der Waals surface area contributed by atoms with Crippen molar-refractivity contribution >= 4 is 11.0 Å². The lowest BCUT2D eigenvalue weighted by Gasteiger charge is -1.87. The Morgan fingerprint density at radius 2 is 2.30 bits per heavy atom. The minimum absolute atomic E-state index is 0.161. The Labute approximate surface area is 56.5 Å². The number of aromatic nitrogens is 3. The Hall–Kier alpha value is -1.58. The molecule has 0 saturated heterocycles. The van der Waals surface area contributed by atoms with Crippen molar-refractivity contribution in [2.75, 3.05) is 0 Å². The van der Waals surface area contributed by atoms with Crippen LogP contribution in [0.2, 0.25) is 0 Å². The number of hydrogen-bond donors (Lipinski definition) is 2. The highest BCUT2D eigenvalue weighted by Gasteiger charge is 1.95. The van der Waals surface area contributed by atoms with Gasteiger partial charge in [0.15, 0.2) is 5.65 Å². The van der Waals surface area contributed by atoms with Crippen molar-refractivity contribution in [3.8, 4) is 5.75 Å². The molecule has 0 atom stereocenters. The first-order valence-electron chi connectivity index (χ1n) is 2.84. The van der Waals surface area contributed by atoms with Gasteiger partial charge in [0.25, 0.3) is 0 Å². The molecule has 0 unspecified atom stereocenters. The van der Waals surface area contributed by atoms with Gasteiger partial charge in [-0.2, -0.15) is 5.10 Å². The first-order valence-corrected chi connectivity index (χ1v) is 2.84. The van der Waals surface area contributed by atoms with Gasteiger partial charge in [0, 0.05) is 5.39 Å². The number of pyridine rings is 1. The molecule has 0 spiro atoms. The molecular formula is C6H5N3O. The summed E-state index contributed by atoms with van der Waals surface area (Å²) in [6.07, 6.45) is 2.99. The third-order valence-corrected chi connectivity index (χ3v) is 1.28.